The van der Waals surface area contributed by atoms with E-state index in [1.165, 1.54) is 128 Å². The average Bonchev–Trinajstić information content (AvgIpc) is 3.24. The van der Waals surface area contributed by atoms with Crippen molar-refractivity contribution in [1.29, 1.82) is 0 Å². The van der Waals surface area contributed by atoms with Gasteiger partial charge in [0, 0.05) is 13.0 Å². The lowest BCUT2D eigenvalue weighted by molar-refractivity contribution is -0.305. The van der Waals surface area contributed by atoms with Gasteiger partial charge >= 0.3 is 5.97 Å². The van der Waals surface area contributed by atoms with Crippen LogP contribution in [0.2, 0.25) is 0 Å². The van der Waals surface area contributed by atoms with E-state index in [1.54, 1.807) is 0 Å². The minimum absolute atomic E-state index is 0.120. The molecule has 0 aromatic heterocycles. The molecule has 1 heterocycles. The predicted octanol–water partition coefficient (Wildman–Crippen LogP) is 11.3. The number of aliphatic hydroxyl groups is 4. The maximum atomic E-state index is 12.8. The van der Waals surface area contributed by atoms with Gasteiger partial charge in [-0.25, -0.2) is 0 Å². The Kier molecular flexibility index (Phi) is 38.8. The second kappa shape index (κ2) is 41.5. The number of esters is 1. The summed E-state index contributed by atoms with van der Waals surface area (Å²) in [6, 6.07) is 0. The Bertz CT molecular complexity index is 1040. The van der Waals surface area contributed by atoms with Gasteiger partial charge in [-0.3, -0.25) is 4.79 Å². The standard InChI is InChI=1S/C50H90O9/c1-3-5-7-9-11-13-15-17-19-21-23-25-27-29-31-33-35-37-39-46(52)58-44(43-57-50-49(55)48(54)47(53)45(41-51)59-50)42-56-40-38-36-34-32-30-28-26-24-22-20-18-16-14-12-10-8-6-4-2/h12-15,18-21,44-45,47-51,53-55H,3-11,16-17,22-43H2,1-2H3/b14-12-,15-13-,20-18-,21-19-. The van der Waals surface area contributed by atoms with Crippen molar-refractivity contribution in [3.8, 4) is 0 Å². The van der Waals surface area contributed by atoms with Gasteiger partial charge in [-0.05, 0) is 77.0 Å². The molecule has 6 unspecified atom stereocenters. The van der Waals surface area contributed by atoms with Crippen LogP contribution in [0.5, 0.6) is 0 Å². The lowest BCUT2D eigenvalue weighted by atomic mass is 9.99. The predicted molar refractivity (Wildman–Crippen MR) is 242 cm³/mol. The number of carbonyl (C=O) groups is 1. The van der Waals surface area contributed by atoms with Crippen LogP contribution in [-0.4, -0.2) is 89.6 Å². The fourth-order valence-corrected chi connectivity index (χ4v) is 7.14. The quantitative estimate of drug-likeness (QED) is 0.0270. The fourth-order valence-electron chi connectivity index (χ4n) is 7.14. The third kappa shape index (κ3) is 32.5. The van der Waals surface area contributed by atoms with Gasteiger partial charge in [0.1, 0.15) is 30.5 Å². The zero-order valence-corrected chi connectivity index (χ0v) is 37.7. The maximum Gasteiger partial charge on any atom is 0.306 e. The van der Waals surface area contributed by atoms with Crippen molar-refractivity contribution in [3.63, 3.8) is 0 Å². The number of carbonyl (C=O) groups excluding carboxylic acids is 1. The molecule has 4 N–H and O–H groups in total. The van der Waals surface area contributed by atoms with Gasteiger partial charge in [-0.2, -0.15) is 0 Å². The molecule has 1 aliphatic rings. The van der Waals surface area contributed by atoms with Gasteiger partial charge in [-0.15, -0.1) is 0 Å². The third-order valence-electron chi connectivity index (χ3n) is 11.0. The van der Waals surface area contributed by atoms with Crippen LogP contribution in [0.3, 0.4) is 0 Å². The first-order valence-corrected chi connectivity index (χ1v) is 24.2. The number of hydrogen-bond acceptors (Lipinski definition) is 9. The number of unbranched alkanes of at least 4 members (excludes halogenated alkanes) is 22. The number of ether oxygens (including phenoxy) is 4. The molecule has 1 fully saturated rings. The highest BCUT2D eigenvalue weighted by molar-refractivity contribution is 5.69. The summed E-state index contributed by atoms with van der Waals surface area (Å²) in [6.07, 6.45) is 44.1. The average molecular weight is 835 g/mol. The van der Waals surface area contributed by atoms with E-state index in [-0.39, 0.29) is 19.2 Å². The van der Waals surface area contributed by atoms with E-state index in [0.29, 0.717) is 13.0 Å². The van der Waals surface area contributed by atoms with Crippen LogP contribution in [0.25, 0.3) is 0 Å². The summed E-state index contributed by atoms with van der Waals surface area (Å²) in [5.74, 6) is -0.324. The van der Waals surface area contributed by atoms with Crippen LogP contribution < -0.4 is 0 Å². The van der Waals surface area contributed by atoms with Crippen LogP contribution in [0.4, 0.5) is 0 Å². The Morgan fingerprint density at radius 3 is 1.49 bits per heavy atom. The number of hydrogen-bond donors (Lipinski definition) is 4. The Labute approximate surface area is 361 Å². The summed E-state index contributed by atoms with van der Waals surface area (Å²) < 4.78 is 22.9. The van der Waals surface area contributed by atoms with Crippen LogP contribution >= 0.6 is 0 Å². The molecule has 0 aliphatic carbocycles. The summed E-state index contributed by atoms with van der Waals surface area (Å²) in [7, 11) is 0. The Hall–Kier alpha value is -1.85. The van der Waals surface area contributed by atoms with Crippen molar-refractivity contribution in [2.24, 2.45) is 0 Å². The SMILES string of the molecule is CCCCC/C=C\C/C=C\CCCCCCCCCCOCC(COC1OC(CO)C(O)C(O)C1O)OC(=O)CCCCCCCCC/C=C\C/C=C\CCCCCC. The lowest BCUT2D eigenvalue weighted by Gasteiger charge is -2.39. The van der Waals surface area contributed by atoms with E-state index in [4.69, 9.17) is 18.9 Å². The van der Waals surface area contributed by atoms with Crippen molar-refractivity contribution in [2.45, 2.75) is 237 Å². The first kappa shape index (κ1) is 55.2. The van der Waals surface area contributed by atoms with E-state index in [9.17, 15) is 25.2 Å². The zero-order chi connectivity index (χ0) is 42.9. The van der Waals surface area contributed by atoms with Gasteiger partial charge in [0.05, 0.1) is 19.8 Å². The Morgan fingerprint density at radius 2 is 0.983 bits per heavy atom. The number of allylic oxidation sites excluding steroid dienone is 8. The minimum atomic E-state index is -1.54. The molecule has 0 aromatic rings. The molecule has 6 atom stereocenters. The van der Waals surface area contributed by atoms with Crippen molar-refractivity contribution in [2.75, 3.05) is 26.4 Å². The van der Waals surface area contributed by atoms with Gasteiger partial charge in [0.2, 0.25) is 0 Å². The highest BCUT2D eigenvalue weighted by atomic mass is 16.7. The summed E-state index contributed by atoms with van der Waals surface area (Å²) >= 11 is 0. The monoisotopic (exact) mass is 835 g/mol. The molecule has 59 heavy (non-hydrogen) atoms. The lowest BCUT2D eigenvalue weighted by Crippen LogP contribution is -2.59. The maximum absolute atomic E-state index is 12.8. The summed E-state index contributed by atoms with van der Waals surface area (Å²) in [4.78, 5) is 12.8. The molecule has 0 spiro atoms. The van der Waals surface area contributed by atoms with Crippen molar-refractivity contribution in [1.82, 2.24) is 0 Å². The first-order valence-electron chi connectivity index (χ1n) is 24.2. The molecule has 0 saturated carbocycles. The van der Waals surface area contributed by atoms with Gasteiger partial charge < -0.3 is 39.4 Å². The molecular formula is C50H90O9. The largest absolute Gasteiger partial charge is 0.457 e. The highest BCUT2D eigenvalue weighted by Crippen LogP contribution is 2.22. The van der Waals surface area contributed by atoms with Crippen LogP contribution in [-0.2, 0) is 23.7 Å². The zero-order valence-electron chi connectivity index (χ0n) is 37.7. The molecule has 1 saturated heterocycles. The molecule has 1 aliphatic heterocycles. The van der Waals surface area contributed by atoms with E-state index >= 15 is 0 Å². The van der Waals surface area contributed by atoms with Crippen LogP contribution in [0.1, 0.15) is 200 Å². The number of rotatable bonds is 41. The normalized spacial score (nSPS) is 20.5. The van der Waals surface area contributed by atoms with E-state index in [0.717, 1.165) is 51.4 Å². The second-order valence-electron chi connectivity index (χ2n) is 16.6. The molecule has 0 amide bonds. The molecule has 344 valence electrons. The minimum Gasteiger partial charge on any atom is -0.457 e. The van der Waals surface area contributed by atoms with Crippen LogP contribution in [0, 0.1) is 0 Å². The second-order valence-corrected chi connectivity index (χ2v) is 16.6. The van der Waals surface area contributed by atoms with Crippen molar-refractivity contribution < 1.29 is 44.2 Å². The van der Waals surface area contributed by atoms with Crippen molar-refractivity contribution in [3.05, 3.63) is 48.6 Å². The fraction of sp³-hybridized carbons (Fsp3) is 0.820. The van der Waals surface area contributed by atoms with E-state index in [1.807, 2.05) is 0 Å². The number of aliphatic hydroxyl groups excluding tert-OH is 4. The first-order chi connectivity index (χ1) is 28.9. The molecule has 9 heteroatoms. The molecule has 0 radical (unpaired) electrons. The third-order valence-corrected chi connectivity index (χ3v) is 11.0. The van der Waals surface area contributed by atoms with Gasteiger partial charge in [0.15, 0.2) is 6.29 Å². The molecule has 9 nitrogen and oxygen atoms in total. The Morgan fingerprint density at radius 1 is 0.542 bits per heavy atom. The van der Waals surface area contributed by atoms with Crippen LogP contribution in [0.15, 0.2) is 48.6 Å². The summed E-state index contributed by atoms with van der Waals surface area (Å²) in [6.45, 7) is 4.50. The van der Waals surface area contributed by atoms with Crippen molar-refractivity contribution >= 4 is 5.97 Å². The highest BCUT2D eigenvalue weighted by Gasteiger charge is 2.44. The molecular weight excluding hydrogens is 745 g/mol. The Balaban J connectivity index is 2.25. The van der Waals surface area contributed by atoms with Gasteiger partial charge in [0.25, 0.3) is 0 Å². The van der Waals surface area contributed by atoms with Gasteiger partial charge in [-0.1, -0.05) is 165 Å². The smallest absolute Gasteiger partial charge is 0.306 e. The summed E-state index contributed by atoms with van der Waals surface area (Å²) in [5, 5.41) is 40.2. The topological polar surface area (TPSA) is 135 Å². The summed E-state index contributed by atoms with van der Waals surface area (Å²) in [5.41, 5.74) is 0. The molecule has 1 rings (SSSR count). The molecule has 0 aromatic carbocycles. The molecule has 0 bridgehead atoms. The van der Waals surface area contributed by atoms with E-state index < -0.39 is 43.4 Å². The van der Waals surface area contributed by atoms with E-state index in [2.05, 4.69) is 62.5 Å².